The summed E-state index contributed by atoms with van der Waals surface area (Å²) in [7, 11) is 0. The van der Waals surface area contributed by atoms with Crippen LogP contribution in [-0.2, 0) is 11.3 Å². The zero-order chi connectivity index (χ0) is 20.2. The van der Waals surface area contributed by atoms with E-state index in [1.54, 1.807) is 29.2 Å². The molecule has 1 amide bonds. The Morgan fingerprint density at radius 3 is 2.93 bits per heavy atom. The second kappa shape index (κ2) is 8.93. The number of carbonyl (C=O) groups is 1. The molecule has 1 saturated heterocycles. The minimum absolute atomic E-state index is 0.182. The molecule has 1 fully saturated rings. The highest BCUT2D eigenvalue weighted by atomic mass is 35.5. The summed E-state index contributed by atoms with van der Waals surface area (Å²) >= 11 is 7.47. The van der Waals surface area contributed by atoms with Crippen molar-refractivity contribution in [3.05, 3.63) is 35.2 Å². The molecule has 152 valence electrons. The van der Waals surface area contributed by atoms with Gasteiger partial charge in [-0.2, -0.15) is 5.10 Å². The standard InChI is InChI=1S/C18H20ClN7O2S/c1-29-18-23-15(25-7-9-28-10-8-25)13-11-22-26(16(13)24-18)6-5-21-17(27)12-3-2-4-20-14(12)19/h2-4,11H,5-10H2,1H3,(H,21,27). The van der Waals surface area contributed by atoms with Crippen molar-refractivity contribution >= 4 is 46.1 Å². The molecule has 29 heavy (non-hydrogen) atoms. The van der Waals surface area contributed by atoms with Crippen molar-refractivity contribution in [1.29, 1.82) is 0 Å². The molecule has 0 saturated carbocycles. The van der Waals surface area contributed by atoms with E-state index in [2.05, 4.69) is 25.3 Å². The lowest BCUT2D eigenvalue weighted by molar-refractivity contribution is 0.0952. The molecule has 3 aromatic heterocycles. The zero-order valence-electron chi connectivity index (χ0n) is 15.8. The average Bonchev–Trinajstić information content (AvgIpc) is 3.16. The normalized spacial score (nSPS) is 14.3. The van der Waals surface area contributed by atoms with Gasteiger partial charge in [-0.3, -0.25) is 4.79 Å². The third-order valence-electron chi connectivity index (χ3n) is 4.56. The van der Waals surface area contributed by atoms with E-state index in [-0.39, 0.29) is 11.1 Å². The van der Waals surface area contributed by atoms with E-state index in [0.717, 1.165) is 29.9 Å². The number of fused-ring (bicyclic) bond motifs is 1. The van der Waals surface area contributed by atoms with Gasteiger partial charge in [0.15, 0.2) is 10.8 Å². The second-order valence-electron chi connectivity index (χ2n) is 6.34. The number of amides is 1. The maximum Gasteiger partial charge on any atom is 0.254 e. The van der Waals surface area contributed by atoms with Crippen molar-refractivity contribution in [2.75, 3.05) is 44.0 Å². The first-order chi connectivity index (χ1) is 14.2. The number of nitrogens with one attached hydrogen (secondary N) is 1. The number of ether oxygens (including phenoxy) is 1. The molecule has 0 bridgehead atoms. The van der Waals surface area contributed by atoms with E-state index in [9.17, 15) is 4.79 Å². The van der Waals surface area contributed by atoms with Crippen LogP contribution in [0.1, 0.15) is 10.4 Å². The predicted octanol–water partition coefficient (Wildman–Crippen LogP) is 1.86. The quantitative estimate of drug-likeness (QED) is 0.357. The Hall–Kier alpha value is -2.43. The molecule has 0 unspecified atom stereocenters. The van der Waals surface area contributed by atoms with E-state index in [1.807, 2.05) is 6.26 Å². The number of thioether (sulfide) groups is 1. The predicted molar refractivity (Wildman–Crippen MR) is 112 cm³/mol. The number of hydrogen-bond donors (Lipinski definition) is 1. The van der Waals surface area contributed by atoms with Gasteiger partial charge in [-0.25, -0.2) is 19.6 Å². The Labute approximate surface area is 176 Å². The number of rotatable bonds is 6. The SMILES string of the molecule is CSc1nc(N2CCOCC2)c2cnn(CCNC(=O)c3cccnc3Cl)c2n1. The van der Waals surface area contributed by atoms with Gasteiger partial charge in [0.25, 0.3) is 5.91 Å². The Morgan fingerprint density at radius 1 is 1.34 bits per heavy atom. The van der Waals surface area contributed by atoms with Crippen LogP contribution in [0.4, 0.5) is 5.82 Å². The van der Waals surface area contributed by atoms with Crippen molar-refractivity contribution in [3.8, 4) is 0 Å². The number of nitrogens with zero attached hydrogens (tertiary/aromatic N) is 6. The van der Waals surface area contributed by atoms with Gasteiger partial charge < -0.3 is 15.0 Å². The highest BCUT2D eigenvalue weighted by molar-refractivity contribution is 7.98. The first-order valence-electron chi connectivity index (χ1n) is 9.16. The zero-order valence-corrected chi connectivity index (χ0v) is 17.4. The van der Waals surface area contributed by atoms with Gasteiger partial charge in [0, 0.05) is 25.8 Å². The summed E-state index contributed by atoms with van der Waals surface area (Å²) in [6, 6.07) is 3.32. The third kappa shape index (κ3) is 4.29. The molecule has 0 aromatic carbocycles. The van der Waals surface area contributed by atoms with Gasteiger partial charge >= 0.3 is 0 Å². The molecule has 0 spiro atoms. The Morgan fingerprint density at radius 2 is 2.17 bits per heavy atom. The summed E-state index contributed by atoms with van der Waals surface area (Å²) in [5.41, 5.74) is 1.10. The molecule has 0 atom stereocenters. The lowest BCUT2D eigenvalue weighted by atomic mass is 10.2. The van der Waals surface area contributed by atoms with Crippen LogP contribution in [0, 0.1) is 0 Å². The number of pyridine rings is 1. The minimum Gasteiger partial charge on any atom is -0.378 e. The lowest BCUT2D eigenvalue weighted by Gasteiger charge is -2.28. The monoisotopic (exact) mass is 433 g/mol. The summed E-state index contributed by atoms with van der Waals surface area (Å²) in [6.45, 7) is 3.78. The van der Waals surface area contributed by atoms with E-state index in [0.29, 0.717) is 37.0 Å². The van der Waals surface area contributed by atoms with Crippen LogP contribution >= 0.6 is 23.4 Å². The van der Waals surface area contributed by atoms with Gasteiger partial charge in [-0.1, -0.05) is 23.4 Å². The Kier molecular flexibility index (Phi) is 6.12. The number of halogens is 1. The summed E-state index contributed by atoms with van der Waals surface area (Å²) in [4.78, 5) is 27.8. The number of aromatic nitrogens is 5. The van der Waals surface area contributed by atoms with E-state index in [4.69, 9.17) is 21.3 Å². The van der Waals surface area contributed by atoms with Crippen molar-refractivity contribution in [1.82, 2.24) is 30.0 Å². The molecule has 11 heteroatoms. The number of hydrogen-bond acceptors (Lipinski definition) is 8. The first-order valence-corrected chi connectivity index (χ1v) is 10.8. The smallest absolute Gasteiger partial charge is 0.254 e. The van der Waals surface area contributed by atoms with E-state index < -0.39 is 0 Å². The third-order valence-corrected chi connectivity index (χ3v) is 5.41. The molecule has 1 aliphatic heterocycles. The van der Waals surface area contributed by atoms with Crippen molar-refractivity contribution in [2.45, 2.75) is 11.7 Å². The fraction of sp³-hybridized carbons (Fsp3) is 0.389. The maximum atomic E-state index is 12.3. The lowest BCUT2D eigenvalue weighted by Crippen LogP contribution is -2.37. The van der Waals surface area contributed by atoms with Crippen LogP contribution in [0.15, 0.2) is 29.7 Å². The summed E-state index contributed by atoms with van der Waals surface area (Å²) in [6.07, 6.45) is 5.27. The molecule has 4 heterocycles. The molecule has 1 aliphatic rings. The van der Waals surface area contributed by atoms with E-state index >= 15 is 0 Å². The van der Waals surface area contributed by atoms with Crippen LogP contribution in [0.2, 0.25) is 5.15 Å². The van der Waals surface area contributed by atoms with Crippen LogP contribution < -0.4 is 10.2 Å². The van der Waals surface area contributed by atoms with Crippen LogP contribution in [0.5, 0.6) is 0 Å². The van der Waals surface area contributed by atoms with Crippen molar-refractivity contribution in [3.63, 3.8) is 0 Å². The largest absolute Gasteiger partial charge is 0.378 e. The number of carbonyl (C=O) groups excluding carboxylic acids is 1. The van der Waals surface area contributed by atoms with Gasteiger partial charge in [0.05, 0.1) is 36.9 Å². The van der Waals surface area contributed by atoms with Crippen molar-refractivity contribution < 1.29 is 9.53 Å². The Bertz CT molecular complexity index is 1020. The fourth-order valence-corrected chi connectivity index (χ4v) is 3.68. The Balaban J connectivity index is 1.52. The first kappa shape index (κ1) is 19.9. The van der Waals surface area contributed by atoms with Gasteiger partial charge in [0.2, 0.25) is 0 Å². The fourth-order valence-electron chi connectivity index (χ4n) is 3.12. The molecule has 0 radical (unpaired) electrons. The average molecular weight is 434 g/mol. The van der Waals surface area contributed by atoms with Crippen LogP contribution in [0.25, 0.3) is 11.0 Å². The molecule has 1 N–H and O–H groups in total. The highest BCUT2D eigenvalue weighted by Crippen LogP contribution is 2.27. The minimum atomic E-state index is -0.270. The second-order valence-corrected chi connectivity index (χ2v) is 7.47. The van der Waals surface area contributed by atoms with Gasteiger partial charge in [-0.15, -0.1) is 0 Å². The highest BCUT2D eigenvalue weighted by Gasteiger charge is 2.20. The topological polar surface area (TPSA) is 98.1 Å². The van der Waals surface area contributed by atoms with Gasteiger partial charge in [0.1, 0.15) is 11.0 Å². The number of morpholine rings is 1. The van der Waals surface area contributed by atoms with Crippen LogP contribution in [0.3, 0.4) is 0 Å². The molecule has 9 nitrogen and oxygen atoms in total. The summed E-state index contributed by atoms with van der Waals surface area (Å²) in [5.74, 6) is 0.605. The molecule has 4 rings (SSSR count). The maximum absolute atomic E-state index is 12.3. The molecule has 3 aromatic rings. The van der Waals surface area contributed by atoms with Crippen molar-refractivity contribution in [2.24, 2.45) is 0 Å². The molecular weight excluding hydrogens is 414 g/mol. The van der Waals surface area contributed by atoms with E-state index in [1.165, 1.54) is 11.8 Å². The van der Waals surface area contributed by atoms with Crippen LogP contribution in [-0.4, -0.2) is 69.7 Å². The summed E-state index contributed by atoms with van der Waals surface area (Å²) in [5, 5.41) is 9.08. The van der Waals surface area contributed by atoms with Gasteiger partial charge in [-0.05, 0) is 18.4 Å². The number of anilines is 1. The molecule has 0 aliphatic carbocycles. The molecular formula is C18H20ClN7O2S. The summed E-state index contributed by atoms with van der Waals surface area (Å²) < 4.78 is 7.23.